The number of nitrogens with two attached hydrogens (primary N) is 1. The molecule has 0 heterocycles. The molecule has 0 amide bonds. The quantitative estimate of drug-likeness (QED) is 0.670. The van der Waals surface area contributed by atoms with Gasteiger partial charge < -0.3 is 5.73 Å². The fourth-order valence-corrected chi connectivity index (χ4v) is 0.946. The lowest BCUT2D eigenvalue weighted by Gasteiger charge is -2.27. The van der Waals surface area contributed by atoms with E-state index in [-0.39, 0.29) is 0 Å². The third-order valence-corrected chi connectivity index (χ3v) is 2.53. The SMILES string of the molecule is CC(N)CCC(C)C(C)(C)C. The first-order valence-electron chi connectivity index (χ1n) is 4.59. The molecule has 2 unspecified atom stereocenters. The van der Waals surface area contributed by atoms with Crippen LogP contribution in [0.3, 0.4) is 0 Å². The molecule has 0 aliphatic carbocycles. The van der Waals surface area contributed by atoms with Crippen LogP contribution in [0.5, 0.6) is 0 Å². The summed E-state index contributed by atoms with van der Waals surface area (Å²) in [5.41, 5.74) is 6.12. The molecule has 0 aliphatic rings. The third-order valence-electron chi connectivity index (χ3n) is 2.53. The first-order chi connectivity index (χ1) is 4.84. The van der Waals surface area contributed by atoms with Crippen LogP contribution in [0.4, 0.5) is 0 Å². The van der Waals surface area contributed by atoms with Crippen LogP contribution in [0.15, 0.2) is 0 Å². The van der Waals surface area contributed by atoms with E-state index in [0.717, 1.165) is 12.3 Å². The molecule has 0 spiro atoms. The van der Waals surface area contributed by atoms with E-state index in [9.17, 15) is 0 Å². The standard InChI is InChI=1S/C10H23N/c1-8(10(3,4)5)6-7-9(2)11/h8-9H,6-7,11H2,1-5H3. The molecule has 11 heavy (non-hydrogen) atoms. The van der Waals surface area contributed by atoms with Crippen molar-refractivity contribution >= 4 is 0 Å². The predicted octanol–water partition coefficient (Wildman–Crippen LogP) is 2.80. The Hall–Kier alpha value is -0.0400. The maximum Gasteiger partial charge on any atom is 0.00105 e. The number of hydrogen-bond acceptors (Lipinski definition) is 1. The monoisotopic (exact) mass is 157 g/mol. The van der Waals surface area contributed by atoms with Crippen LogP contribution in [0.1, 0.15) is 47.5 Å². The normalized spacial score (nSPS) is 18.0. The van der Waals surface area contributed by atoms with E-state index in [4.69, 9.17) is 5.73 Å². The summed E-state index contributed by atoms with van der Waals surface area (Å²) in [5.74, 6) is 0.772. The van der Waals surface area contributed by atoms with Crippen molar-refractivity contribution in [3.63, 3.8) is 0 Å². The Morgan fingerprint density at radius 1 is 1.09 bits per heavy atom. The van der Waals surface area contributed by atoms with Crippen LogP contribution < -0.4 is 5.73 Å². The van der Waals surface area contributed by atoms with Gasteiger partial charge in [0.15, 0.2) is 0 Å². The molecule has 2 N–H and O–H groups in total. The van der Waals surface area contributed by atoms with E-state index in [1.807, 2.05) is 0 Å². The lowest BCUT2D eigenvalue weighted by molar-refractivity contribution is 0.239. The first-order valence-corrected chi connectivity index (χ1v) is 4.59. The summed E-state index contributed by atoms with van der Waals surface area (Å²) >= 11 is 0. The second-order valence-corrected chi connectivity index (χ2v) is 4.82. The topological polar surface area (TPSA) is 26.0 Å². The Labute approximate surface area is 71.4 Å². The van der Waals surface area contributed by atoms with Gasteiger partial charge in [-0.15, -0.1) is 0 Å². The zero-order chi connectivity index (χ0) is 9.07. The third kappa shape index (κ3) is 5.25. The van der Waals surface area contributed by atoms with Gasteiger partial charge in [0.25, 0.3) is 0 Å². The fraction of sp³-hybridized carbons (Fsp3) is 1.00. The number of hydrogen-bond donors (Lipinski definition) is 1. The van der Waals surface area contributed by atoms with E-state index in [2.05, 4.69) is 34.6 Å². The Morgan fingerprint density at radius 2 is 1.55 bits per heavy atom. The molecule has 0 saturated carbocycles. The van der Waals surface area contributed by atoms with Crippen molar-refractivity contribution in [3.8, 4) is 0 Å². The average molecular weight is 157 g/mol. The molecule has 0 aromatic carbocycles. The van der Waals surface area contributed by atoms with Crippen molar-refractivity contribution < 1.29 is 0 Å². The van der Waals surface area contributed by atoms with Crippen molar-refractivity contribution in [2.24, 2.45) is 17.1 Å². The molecule has 2 atom stereocenters. The predicted molar refractivity (Wildman–Crippen MR) is 51.5 cm³/mol. The van der Waals surface area contributed by atoms with Crippen LogP contribution in [-0.4, -0.2) is 6.04 Å². The minimum Gasteiger partial charge on any atom is -0.328 e. The fourth-order valence-electron chi connectivity index (χ4n) is 0.946. The summed E-state index contributed by atoms with van der Waals surface area (Å²) in [4.78, 5) is 0. The lowest BCUT2D eigenvalue weighted by Crippen LogP contribution is -2.21. The summed E-state index contributed by atoms with van der Waals surface area (Å²) in [6.45, 7) is 11.3. The highest BCUT2D eigenvalue weighted by molar-refractivity contribution is 4.71. The molecule has 1 nitrogen and oxygen atoms in total. The molecule has 0 fully saturated rings. The van der Waals surface area contributed by atoms with Gasteiger partial charge in [0, 0.05) is 6.04 Å². The molecule has 0 saturated heterocycles. The van der Waals surface area contributed by atoms with Gasteiger partial charge in [-0.05, 0) is 31.1 Å². The minimum absolute atomic E-state index is 0.361. The highest BCUT2D eigenvalue weighted by Gasteiger charge is 2.19. The van der Waals surface area contributed by atoms with Gasteiger partial charge in [-0.3, -0.25) is 0 Å². The minimum atomic E-state index is 0.361. The van der Waals surface area contributed by atoms with Crippen LogP contribution in [0, 0.1) is 11.3 Å². The molecule has 0 rings (SSSR count). The van der Waals surface area contributed by atoms with Gasteiger partial charge in [-0.25, -0.2) is 0 Å². The first kappa shape index (κ1) is 11.0. The highest BCUT2D eigenvalue weighted by Crippen LogP contribution is 2.29. The van der Waals surface area contributed by atoms with Gasteiger partial charge in [0.05, 0.1) is 0 Å². The van der Waals surface area contributed by atoms with Gasteiger partial charge in [0.2, 0.25) is 0 Å². The molecule has 0 aromatic rings. The zero-order valence-corrected chi connectivity index (χ0v) is 8.65. The Morgan fingerprint density at radius 3 is 1.82 bits per heavy atom. The second kappa shape index (κ2) is 4.10. The maximum absolute atomic E-state index is 5.68. The van der Waals surface area contributed by atoms with E-state index in [1.165, 1.54) is 6.42 Å². The zero-order valence-electron chi connectivity index (χ0n) is 8.65. The van der Waals surface area contributed by atoms with Crippen LogP contribution >= 0.6 is 0 Å². The van der Waals surface area contributed by atoms with Crippen LogP contribution in [0.25, 0.3) is 0 Å². The number of rotatable bonds is 3. The Balaban J connectivity index is 3.61. The molecular formula is C10H23N. The van der Waals surface area contributed by atoms with Crippen LogP contribution in [-0.2, 0) is 0 Å². The largest absolute Gasteiger partial charge is 0.328 e. The summed E-state index contributed by atoms with van der Waals surface area (Å²) in [6.07, 6.45) is 2.40. The van der Waals surface area contributed by atoms with Crippen molar-refractivity contribution in [3.05, 3.63) is 0 Å². The Bertz CT molecular complexity index is 99.9. The Kier molecular flexibility index (Phi) is 4.09. The van der Waals surface area contributed by atoms with Crippen molar-refractivity contribution in [2.45, 2.75) is 53.5 Å². The van der Waals surface area contributed by atoms with Gasteiger partial charge in [0.1, 0.15) is 0 Å². The van der Waals surface area contributed by atoms with Crippen molar-refractivity contribution in [1.82, 2.24) is 0 Å². The van der Waals surface area contributed by atoms with Crippen molar-refractivity contribution in [1.29, 1.82) is 0 Å². The molecule has 0 aliphatic heterocycles. The average Bonchev–Trinajstić information content (AvgIpc) is 1.80. The molecule has 0 bridgehead atoms. The summed E-state index contributed by atoms with van der Waals surface area (Å²) < 4.78 is 0. The van der Waals surface area contributed by atoms with E-state index >= 15 is 0 Å². The highest BCUT2D eigenvalue weighted by atomic mass is 14.6. The van der Waals surface area contributed by atoms with Gasteiger partial charge >= 0.3 is 0 Å². The van der Waals surface area contributed by atoms with Crippen LogP contribution in [0.2, 0.25) is 0 Å². The maximum atomic E-state index is 5.68. The molecule has 1 heteroatoms. The lowest BCUT2D eigenvalue weighted by atomic mass is 9.79. The molecule has 0 radical (unpaired) electrons. The molecular weight excluding hydrogens is 134 g/mol. The summed E-state index contributed by atoms with van der Waals surface area (Å²) in [6, 6.07) is 0.361. The van der Waals surface area contributed by atoms with Gasteiger partial charge in [-0.2, -0.15) is 0 Å². The van der Waals surface area contributed by atoms with Crippen molar-refractivity contribution in [2.75, 3.05) is 0 Å². The molecule has 0 aromatic heterocycles. The smallest absolute Gasteiger partial charge is 0.00105 e. The van der Waals surface area contributed by atoms with E-state index in [0.29, 0.717) is 11.5 Å². The van der Waals surface area contributed by atoms with E-state index < -0.39 is 0 Å². The van der Waals surface area contributed by atoms with Gasteiger partial charge in [-0.1, -0.05) is 27.7 Å². The summed E-state index contributed by atoms with van der Waals surface area (Å²) in [7, 11) is 0. The second-order valence-electron chi connectivity index (χ2n) is 4.82. The molecule has 68 valence electrons. The summed E-state index contributed by atoms with van der Waals surface area (Å²) in [5, 5.41) is 0. The van der Waals surface area contributed by atoms with E-state index in [1.54, 1.807) is 0 Å².